The van der Waals surface area contributed by atoms with Crippen LogP contribution in [0.25, 0.3) is 11.1 Å². The lowest BCUT2D eigenvalue weighted by molar-refractivity contribution is -0.163. The van der Waals surface area contributed by atoms with Crippen LogP contribution in [0.15, 0.2) is 30.3 Å². The Morgan fingerprint density at radius 1 is 1.00 bits per heavy atom. The second kappa shape index (κ2) is 7.48. The SMILES string of the molecule is COc1ccc(-c2cccc3c2COC3=O)c(OC2(C(=O)OC3CCC3)CC2)c1OC. The van der Waals surface area contributed by atoms with Crippen molar-refractivity contribution in [2.45, 2.75) is 50.4 Å². The summed E-state index contributed by atoms with van der Waals surface area (Å²) >= 11 is 0. The van der Waals surface area contributed by atoms with E-state index >= 15 is 0 Å². The minimum Gasteiger partial charge on any atom is -0.493 e. The van der Waals surface area contributed by atoms with Gasteiger partial charge in [0.1, 0.15) is 12.7 Å². The van der Waals surface area contributed by atoms with E-state index in [-0.39, 0.29) is 24.6 Å². The molecule has 0 amide bonds. The quantitative estimate of drug-likeness (QED) is 0.621. The Morgan fingerprint density at radius 3 is 2.42 bits per heavy atom. The first-order chi connectivity index (χ1) is 15.1. The van der Waals surface area contributed by atoms with Gasteiger partial charge in [-0.1, -0.05) is 12.1 Å². The van der Waals surface area contributed by atoms with Crippen LogP contribution in [-0.2, 0) is 20.9 Å². The molecule has 0 saturated heterocycles. The Bertz CT molecular complexity index is 1050. The molecule has 2 aromatic carbocycles. The maximum Gasteiger partial charge on any atom is 0.350 e. The van der Waals surface area contributed by atoms with Crippen LogP contribution >= 0.6 is 0 Å². The molecule has 5 rings (SSSR count). The molecule has 0 atom stereocenters. The number of carbonyl (C=O) groups is 2. The summed E-state index contributed by atoms with van der Waals surface area (Å²) in [5.41, 5.74) is 1.79. The average molecular weight is 424 g/mol. The van der Waals surface area contributed by atoms with Gasteiger partial charge in [0.05, 0.1) is 19.8 Å². The number of benzene rings is 2. The minimum atomic E-state index is -1.02. The van der Waals surface area contributed by atoms with Crippen LogP contribution in [0, 0.1) is 0 Å². The molecule has 3 aliphatic rings. The molecule has 7 nitrogen and oxygen atoms in total. The summed E-state index contributed by atoms with van der Waals surface area (Å²) in [6.45, 7) is 0.187. The van der Waals surface area contributed by atoms with Gasteiger partial charge in [-0.2, -0.15) is 0 Å². The van der Waals surface area contributed by atoms with Crippen LogP contribution < -0.4 is 14.2 Å². The number of cyclic esters (lactones) is 1. The van der Waals surface area contributed by atoms with E-state index in [1.807, 2.05) is 12.1 Å². The molecule has 2 aliphatic carbocycles. The van der Waals surface area contributed by atoms with Crippen molar-refractivity contribution < 1.29 is 33.3 Å². The molecular weight excluding hydrogens is 400 g/mol. The van der Waals surface area contributed by atoms with E-state index < -0.39 is 5.60 Å². The Balaban J connectivity index is 1.58. The number of rotatable bonds is 7. The third-order valence-corrected chi connectivity index (χ3v) is 6.23. The zero-order chi connectivity index (χ0) is 21.6. The standard InChI is InChI=1S/C24H24O7/c1-27-19-10-9-16(15-7-4-8-17-18(15)13-29-22(17)25)20(21(19)28-2)31-24(11-12-24)23(26)30-14-5-3-6-14/h4,7-10,14H,3,5-6,11-13H2,1-2H3. The first kappa shape index (κ1) is 19.7. The number of hydrogen-bond donors (Lipinski definition) is 0. The van der Waals surface area contributed by atoms with Gasteiger partial charge in [0.25, 0.3) is 0 Å². The Morgan fingerprint density at radius 2 is 1.77 bits per heavy atom. The second-order valence-corrected chi connectivity index (χ2v) is 8.14. The summed E-state index contributed by atoms with van der Waals surface area (Å²) in [5, 5.41) is 0. The molecule has 0 bridgehead atoms. The van der Waals surface area contributed by atoms with Gasteiger partial charge in [-0.05, 0) is 43.0 Å². The van der Waals surface area contributed by atoms with Crippen LogP contribution in [0.2, 0.25) is 0 Å². The van der Waals surface area contributed by atoms with Crippen molar-refractivity contribution in [1.82, 2.24) is 0 Å². The van der Waals surface area contributed by atoms with Crippen LogP contribution in [0.3, 0.4) is 0 Å². The molecule has 0 radical (unpaired) electrons. The van der Waals surface area contributed by atoms with E-state index in [9.17, 15) is 9.59 Å². The van der Waals surface area contributed by atoms with Gasteiger partial charge >= 0.3 is 11.9 Å². The molecule has 162 valence electrons. The second-order valence-electron chi connectivity index (χ2n) is 8.14. The van der Waals surface area contributed by atoms with E-state index in [0.717, 1.165) is 30.4 Å². The van der Waals surface area contributed by atoms with Crippen molar-refractivity contribution >= 4 is 11.9 Å². The van der Waals surface area contributed by atoms with Crippen molar-refractivity contribution in [2.24, 2.45) is 0 Å². The summed E-state index contributed by atoms with van der Waals surface area (Å²) in [6, 6.07) is 9.08. The summed E-state index contributed by atoms with van der Waals surface area (Å²) in [6.07, 6.45) is 4.03. The highest BCUT2D eigenvalue weighted by Crippen LogP contribution is 2.51. The van der Waals surface area contributed by atoms with Gasteiger partial charge in [-0.25, -0.2) is 9.59 Å². The lowest BCUT2D eigenvalue weighted by Crippen LogP contribution is -2.37. The monoisotopic (exact) mass is 424 g/mol. The highest BCUT2D eigenvalue weighted by atomic mass is 16.6. The van der Waals surface area contributed by atoms with E-state index in [2.05, 4.69) is 0 Å². The van der Waals surface area contributed by atoms with Gasteiger partial charge in [-0.15, -0.1) is 0 Å². The number of fused-ring (bicyclic) bond motifs is 1. The number of carbonyl (C=O) groups excluding carboxylic acids is 2. The van der Waals surface area contributed by atoms with Crippen LogP contribution in [-0.4, -0.2) is 37.9 Å². The lowest BCUT2D eigenvalue weighted by Gasteiger charge is -2.28. The number of esters is 2. The third kappa shape index (κ3) is 3.28. The lowest BCUT2D eigenvalue weighted by atomic mass is 9.95. The maximum atomic E-state index is 12.9. The minimum absolute atomic E-state index is 0.0131. The van der Waals surface area contributed by atoms with Gasteiger partial charge in [0, 0.05) is 24.0 Å². The third-order valence-electron chi connectivity index (χ3n) is 6.23. The smallest absolute Gasteiger partial charge is 0.350 e. The van der Waals surface area contributed by atoms with Gasteiger partial charge in [-0.3, -0.25) is 0 Å². The Labute approximate surface area is 180 Å². The molecule has 7 heteroatoms. The van der Waals surface area contributed by atoms with Crippen molar-refractivity contribution in [3.8, 4) is 28.4 Å². The Hall–Kier alpha value is -3.22. The van der Waals surface area contributed by atoms with E-state index in [0.29, 0.717) is 41.2 Å². The molecule has 0 spiro atoms. The van der Waals surface area contributed by atoms with Gasteiger partial charge in [0.15, 0.2) is 11.5 Å². The summed E-state index contributed by atoms with van der Waals surface area (Å²) in [7, 11) is 3.08. The molecule has 31 heavy (non-hydrogen) atoms. The normalized spacial score (nSPS) is 18.5. The fraction of sp³-hybridized carbons (Fsp3) is 0.417. The molecule has 2 fully saturated rings. The molecule has 1 aliphatic heterocycles. The number of methoxy groups -OCH3 is 2. The first-order valence-electron chi connectivity index (χ1n) is 10.5. The molecule has 2 aromatic rings. The molecule has 0 aromatic heterocycles. The molecule has 0 N–H and O–H groups in total. The van der Waals surface area contributed by atoms with Gasteiger partial charge < -0.3 is 23.7 Å². The van der Waals surface area contributed by atoms with Crippen molar-refractivity contribution in [3.05, 3.63) is 41.5 Å². The predicted octanol–water partition coefficient (Wildman–Crippen LogP) is 4.05. The largest absolute Gasteiger partial charge is 0.493 e. The molecule has 0 unspecified atom stereocenters. The first-order valence-corrected chi connectivity index (χ1v) is 10.5. The summed E-state index contributed by atoms with van der Waals surface area (Å²) in [5.74, 6) is 0.611. The predicted molar refractivity (Wildman–Crippen MR) is 110 cm³/mol. The summed E-state index contributed by atoms with van der Waals surface area (Å²) in [4.78, 5) is 24.9. The van der Waals surface area contributed by atoms with Crippen LogP contribution in [0.5, 0.6) is 17.2 Å². The summed E-state index contributed by atoms with van der Waals surface area (Å²) < 4.78 is 28.4. The topological polar surface area (TPSA) is 80.3 Å². The van der Waals surface area contributed by atoms with E-state index in [1.54, 1.807) is 25.3 Å². The van der Waals surface area contributed by atoms with Crippen molar-refractivity contribution in [1.29, 1.82) is 0 Å². The molecular formula is C24H24O7. The van der Waals surface area contributed by atoms with Crippen LogP contribution in [0.1, 0.15) is 48.0 Å². The van der Waals surface area contributed by atoms with E-state index in [4.69, 9.17) is 23.7 Å². The number of ether oxygens (including phenoxy) is 5. The molecule has 2 saturated carbocycles. The van der Waals surface area contributed by atoms with E-state index in [1.165, 1.54) is 7.11 Å². The average Bonchev–Trinajstić information content (AvgIpc) is 3.45. The Kier molecular flexibility index (Phi) is 4.76. The van der Waals surface area contributed by atoms with Gasteiger partial charge in [0.2, 0.25) is 11.4 Å². The fourth-order valence-corrected chi connectivity index (χ4v) is 4.02. The maximum absolute atomic E-state index is 12.9. The highest BCUT2D eigenvalue weighted by Gasteiger charge is 2.56. The fourth-order valence-electron chi connectivity index (χ4n) is 4.02. The highest BCUT2D eigenvalue weighted by molar-refractivity contribution is 5.97. The zero-order valence-electron chi connectivity index (χ0n) is 17.6. The zero-order valence-corrected chi connectivity index (χ0v) is 17.6. The van der Waals surface area contributed by atoms with Crippen molar-refractivity contribution in [2.75, 3.05) is 14.2 Å². The van der Waals surface area contributed by atoms with Crippen molar-refractivity contribution in [3.63, 3.8) is 0 Å². The number of hydrogen-bond acceptors (Lipinski definition) is 7. The van der Waals surface area contributed by atoms with Crippen LogP contribution in [0.4, 0.5) is 0 Å². The molecule has 1 heterocycles.